The average molecular weight is 188 g/mol. The van der Waals surface area contributed by atoms with Gasteiger partial charge in [0.1, 0.15) is 12.4 Å². The Morgan fingerprint density at radius 1 is 1.36 bits per heavy atom. The summed E-state index contributed by atoms with van der Waals surface area (Å²) in [5, 5.41) is 0. The van der Waals surface area contributed by atoms with Crippen LogP contribution in [0.4, 0.5) is 0 Å². The Balaban J connectivity index is 2.34. The Bertz CT molecular complexity index is 298. The zero-order chi connectivity index (χ0) is 10.2. The molecule has 0 bridgehead atoms. The van der Waals surface area contributed by atoms with Crippen molar-refractivity contribution in [1.82, 2.24) is 0 Å². The lowest BCUT2D eigenvalue weighted by atomic mass is 10.2. The van der Waals surface area contributed by atoms with E-state index in [0.29, 0.717) is 6.61 Å². The van der Waals surface area contributed by atoms with E-state index in [1.807, 2.05) is 42.5 Å². The number of rotatable bonds is 5. The molecule has 0 aliphatic rings. The molecule has 1 heteroatoms. The van der Waals surface area contributed by atoms with Gasteiger partial charge in [0.15, 0.2) is 0 Å². The van der Waals surface area contributed by atoms with Crippen molar-refractivity contribution >= 4 is 0 Å². The standard InChI is InChI=1S/C13H16O/c1-3-4-8-12(2)14-11-13-9-6-5-7-10-13/h4-10H,2-3,11H2,1H3/b8-4-. The van der Waals surface area contributed by atoms with Crippen LogP contribution in [-0.2, 0) is 11.3 Å². The van der Waals surface area contributed by atoms with Crippen LogP contribution in [0.25, 0.3) is 0 Å². The van der Waals surface area contributed by atoms with Crippen molar-refractivity contribution in [3.63, 3.8) is 0 Å². The third-order valence-electron chi connectivity index (χ3n) is 1.81. The molecule has 0 heterocycles. The van der Waals surface area contributed by atoms with E-state index in [1.54, 1.807) is 0 Å². The van der Waals surface area contributed by atoms with E-state index in [-0.39, 0.29) is 0 Å². The highest BCUT2D eigenvalue weighted by molar-refractivity contribution is 5.14. The second-order valence-corrected chi connectivity index (χ2v) is 3.05. The fraction of sp³-hybridized carbons (Fsp3) is 0.231. The van der Waals surface area contributed by atoms with Crippen LogP contribution in [0.15, 0.2) is 54.8 Å². The highest BCUT2D eigenvalue weighted by Crippen LogP contribution is 2.05. The maximum atomic E-state index is 5.45. The van der Waals surface area contributed by atoms with Crippen molar-refractivity contribution < 1.29 is 4.74 Å². The molecule has 0 atom stereocenters. The molecule has 0 saturated heterocycles. The van der Waals surface area contributed by atoms with Crippen LogP contribution in [0.1, 0.15) is 18.9 Å². The molecular formula is C13H16O. The number of benzene rings is 1. The van der Waals surface area contributed by atoms with Gasteiger partial charge in [-0.3, -0.25) is 0 Å². The van der Waals surface area contributed by atoms with E-state index in [2.05, 4.69) is 13.5 Å². The zero-order valence-corrected chi connectivity index (χ0v) is 8.57. The number of hydrogen-bond donors (Lipinski definition) is 0. The summed E-state index contributed by atoms with van der Waals surface area (Å²) in [7, 11) is 0. The predicted molar refractivity (Wildman–Crippen MR) is 59.8 cm³/mol. The molecular weight excluding hydrogens is 172 g/mol. The normalized spacial score (nSPS) is 10.4. The number of ether oxygens (including phenoxy) is 1. The van der Waals surface area contributed by atoms with Gasteiger partial charge in [0, 0.05) is 0 Å². The summed E-state index contributed by atoms with van der Waals surface area (Å²) in [5.41, 5.74) is 1.17. The van der Waals surface area contributed by atoms with Crippen molar-refractivity contribution in [3.05, 3.63) is 60.4 Å². The van der Waals surface area contributed by atoms with Crippen molar-refractivity contribution in [1.29, 1.82) is 0 Å². The maximum absolute atomic E-state index is 5.45. The van der Waals surface area contributed by atoms with Gasteiger partial charge in [-0.1, -0.05) is 49.9 Å². The summed E-state index contributed by atoms with van der Waals surface area (Å²) in [6.45, 7) is 6.47. The first-order chi connectivity index (χ1) is 6.83. The molecule has 0 unspecified atom stereocenters. The smallest absolute Gasteiger partial charge is 0.113 e. The molecule has 0 amide bonds. The molecule has 74 valence electrons. The van der Waals surface area contributed by atoms with Crippen LogP contribution in [-0.4, -0.2) is 0 Å². The first-order valence-electron chi connectivity index (χ1n) is 4.85. The molecule has 0 aromatic heterocycles. The Hall–Kier alpha value is -1.50. The minimum Gasteiger partial charge on any atom is -0.490 e. The molecule has 0 saturated carbocycles. The van der Waals surface area contributed by atoms with Gasteiger partial charge < -0.3 is 4.74 Å². The molecule has 0 fully saturated rings. The van der Waals surface area contributed by atoms with Gasteiger partial charge in [-0.05, 0) is 18.1 Å². The van der Waals surface area contributed by atoms with E-state index in [9.17, 15) is 0 Å². The second-order valence-electron chi connectivity index (χ2n) is 3.05. The van der Waals surface area contributed by atoms with Gasteiger partial charge in [0.2, 0.25) is 0 Å². The van der Waals surface area contributed by atoms with Gasteiger partial charge in [0.25, 0.3) is 0 Å². The summed E-state index contributed by atoms with van der Waals surface area (Å²) >= 11 is 0. The SMILES string of the molecule is C=C(/C=C\CC)OCc1ccccc1. The van der Waals surface area contributed by atoms with E-state index in [1.165, 1.54) is 5.56 Å². The summed E-state index contributed by atoms with van der Waals surface area (Å²) in [5.74, 6) is 0.718. The lowest BCUT2D eigenvalue weighted by molar-refractivity contribution is 0.212. The van der Waals surface area contributed by atoms with Crippen LogP contribution in [0.2, 0.25) is 0 Å². The van der Waals surface area contributed by atoms with Crippen molar-refractivity contribution in [2.75, 3.05) is 0 Å². The third kappa shape index (κ3) is 3.94. The number of allylic oxidation sites excluding steroid dienone is 2. The fourth-order valence-corrected chi connectivity index (χ4v) is 1.05. The van der Waals surface area contributed by atoms with Crippen LogP contribution >= 0.6 is 0 Å². The van der Waals surface area contributed by atoms with Crippen molar-refractivity contribution in [3.8, 4) is 0 Å². The Morgan fingerprint density at radius 2 is 2.07 bits per heavy atom. The average Bonchev–Trinajstić information content (AvgIpc) is 2.25. The Kier molecular flexibility index (Phi) is 4.56. The van der Waals surface area contributed by atoms with E-state index in [0.717, 1.165) is 12.2 Å². The van der Waals surface area contributed by atoms with Gasteiger partial charge in [-0.15, -0.1) is 0 Å². The summed E-state index contributed by atoms with van der Waals surface area (Å²) in [6.07, 6.45) is 4.95. The molecule has 1 aromatic rings. The first-order valence-corrected chi connectivity index (χ1v) is 4.85. The van der Waals surface area contributed by atoms with Gasteiger partial charge >= 0.3 is 0 Å². The van der Waals surface area contributed by atoms with E-state index >= 15 is 0 Å². The molecule has 1 aromatic carbocycles. The maximum Gasteiger partial charge on any atom is 0.113 e. The highest BCUT2D eigenvalue weighted by Gasteiger charge is 1.91. The second kappa shape index (κ2) is 6.03. The fourth-order valence-electron chi connectivity index (χ4n) is 1.05. The van der Waals surface area contributed by atoms with E-state index < -0.39 is 0 Å². The molecule has 0 aliphatic heterocycles. The Labute approximate surface area is 85.7 Å². The minimum atomic E-state index is 0.591. The van der Waals surface area contributed by atoms with Gasteiger partial charge in [-0.2, -0.15) is 0 Å². The lowest BCUT2D eigenvalue weighted by Crippen LogP contribution is -1.89. The van der Waals surface area contributed by atoms with Crippen LogP contribution in [0, 0.1) is 0 Å². The molecule has 0 N–H and O–H groups in total. The Morgan fingerprint density at radius 3 is 2.71 bits per heavy atom. The van der Waals surface area contributed by atoms with Gasteiger partial charge in [-0.25, -0.2) is 0 Å². The highest BCUT2D eigenvalue weighted by atomic mass is 16.5. The molecule has 0 spiro atoms. The van der Waals surface area contributed by atoms with Crippen molar-refractivity contribution in [2.45, 2.75) is 20.0 Å². The third-order valence-corrected chi connectivity index (χ3v) is 1.81. The molecule has 1 rings (SSSR count). The lowest BCUT2D eigenvalue weighted by Gasteiger charge is -2.04. The largest absolute Gasteiger partial charge is 0.490 e. The summed E-state index contributed by atoms with van der Waals surface area (Å²) in [4.78, 5) is 0. The van der Waals surface area contributed by atoms with Gasteiger partial charge in [0.05, 0.1) is 0 Å². The van der Waals surface area contributed by atoms with Crippen LogP contribution in [0.5, 0.6) is 0 Å². The minimum absolute atomic E-state index is 0.591. The topological polar surface area (TPSA) is 9.23 Å². The molecule has 0 aliphatic carbocycles. The zero-order valence-electron chi connectivity index (χ0n) is 8.57. The molecule has 0 radical (unpaired) electrons. The number of hydrogen-bond acceptors (Lipinski definition) is 1. The quantitative estimate of drug-likeness (QED) is 0.506. The molecule has 1 nitrogen and oxygen atoms in total. The van der Waals surface area contributed by atoms with Crippen molar-refractivity contribution in [2.24, 2.45) is 0 Å². The van der Waals surface area contributed by atoms with Crippen LogP contribution < -0.4 is 0 Å². The predicted octanol–water partition coefficient (Wildman–Crippen LogP) is 3.68. The van der Waals surface area contributed by atoms with E-state index in [4.69, 9.17) is 4.74 Å². The summed E-state index contributed by atoms with van der Waals surface area (Å²) < 4.78 is 5.45. The molecule has 14 heavy (non-hydrogen) atoms. The first kappa shape index (κ1) is 10.6. The monoisotopic (exact) mass is 188 g/mol. The van der Waals surface area contributed by atoms with Crippen LogP contribution in [0.3, 0.4) is 0 Å². The summed E-state index contributed by atoms with van der Waals surface area (Å²) in [6, 6.07) is 10.1.